The normalized spacial score (nSPS) is 22.0. The first-order valence-electron chi connectivity index (χ1n) is 7.74. The molecule has 1 heterocycles. The van der Waals surface area contributed by atoms with Crippen molar-refractivity contribution < 1.29 is 22.7 Å². The lowest BCUT2D eigenvalue weighted by Crippen LogP contribution is -2.49. The Kier molecular flexibility index (Phi) is 4.59. The van der Waals surface area contributed by atoms with Crippen molar-refractivity contribution in [2.24, 2.45) is 0 Å². The van der Waals surface area contributed by atoms with Crippen molar-refractivity contribution in [3.63, 3.8) is 0 Å². The monoisotopic (exact) mass is 328 g/mol. The van der Waals surface area contributed by atoms with E-state index in [0.29, 0.717) is 25.3 Å². The number of alkyl halides is 3. The molecule has 0 aromatic heterocycles. The van der Waals surface area contributed by atoms with Gasteiger partial charge >= 0.3 is 6.18 Å². The van der Waals surface area contributed by atoms with Gasteiger partial charge in [-0.1, -0.05) is 12.1 Å². The van der Waals surface area contributed by atoms with Gasteiger partial charge in [-0.3, -0.25) is 4.79 Å². The minimum Gasteiger partial charge on any atom is -0.366 e. The third-order valence-electron chi connectivity index (χ3n) is 4.11. The molecule has 0 bridgehead atoms. The fourth-order valence-electron chi connectivity index (χ4n) is 2.68. The van der Waals surface area contributed by atoms with Crippen molar-refractivity contribution in [1.29, 1.82) is 0 Å². The fraction of sp³-hybridized carbons (Fsp3) is 0.562. The zero-order valence-corrected chi connectivity index (χ0v) is 12.6. The van der Waals surface area contributed by atoms with Crippen LogP contribution in [-0.2, 0) is 22.3 Å². The second-order valence-corrected chi connectivity index (χ2v) is 5.96. The number of ether oxygens (including phenoxy) is 1. The van der Waals surface area contributed by atoms with Gasteiger partial charge in [0.05, 0.1) is 12.2 Å². The van der Waals surface area contributed by atoms with Gasteiger partial charge in [0.25, 0.3) is 5.91 Å². The molecule has 1 aromatic rings. The minimum absolute atomic E-state index is 0.0837. The number of rotatable bonds is 4. The maximum absolute atomic E-state index is 12.6. The molecule has 23 heavy (non-hydrogen) atoms. The van der Waals surface area contributed by atoms with E-state index in [9.17, 15) is 18.0 Å². The summed E-state index contributed by atoms with van der Waals surface area (Å²) in [5.41, 5.74) is 0.0207. The zero-order chi connectivity index (χ0) is 16.4. The van der Waals surface area contributed by atoms with Crippen LogP contribution in [0.2, 0.25) is 0 Å². The lowest BCUT2D eigenvalue weighted by molar-refractivity contribution is -0.146. The number of halogens is 3. The molecule has 2 aliphatic rings. The first kappa shape index (κ1) is 16.3. The second-order valence-electron chi connectivity index (χ2n) is 5.96. The molecule has 4 nitrogen and oxygen atoms in total. The SMILES string of the molecule is O=C(C1CNCCO1)N(Cc1ccc(C(F)(F)F)cc1)C1CC1. The summed E-state index contributed by atoms with van der Waals surface area (Å²) in [6, 6.07) is 5.17. The summed E-state index contributed by atoms with van der Waals surface area (Å²) in [4.78, 5) is 14.3. The molecule has 1 N–H and O–H groups in total. The third kappa shape index (κ3) is 4.03. The van der Waals surface area contributed by atoms with Crippen molar-refractivity contribution in [3.05, 3.63) is 35.4 Å². The maximum atomic E-state index is 12.6. The summed E-state index contributed by atoms with van der Waals surface area (Å²) in [5.74, 6) is -0.0837. The van der Waals surface area contributed by atoms with Gasteiger partial charge in [-0.25, -0.2) is 0 Å². The molecule has 0 spiro atoms. The van der Waals surface area contributed by atoms with Crippen molar-refractivity contribution in [3.8, 4) is 0 Å². The number of hydrogen-bond donors (Lipinski definition) is 1. The Hall–Kier alpha value is -1.60. The van der Waals surface area contributed by atoms with Crippen molar-refractivity contribution in [2.45, 2.75) is 37.7 Å². The van der Waals surface area contributed by atoms with E-state index in [1.165, 1.54) is 12.1 Å². The first-order chi connectivity index (χ1) is 10.9. The van der Waals surface area contributed by atoms with Crippen LogP contribution in [0.1, 0.15) is 24.0 Å². The highest BCUT2D eigenvalue weighted by Crippen LogP contribution is 2.31. The topological polar surface area (TPSA) is 41.6 Å². The van der Waals surface area contributed by atoms with E-state index in [0.717, 1.165) is 31.5 Å². The number of carbonyl (C=O) groups excluding carboxylic acids is 1. The molecule has 1 saturated carbocycles. The van der Waals surface area contributed by atoms with Crippen molar-refractivity contribution in [1.82, 2.24) is 10.2 Å². The standard InChI is InChI=1S/C16H19F3N2O2/c17-16(18,19)12-3-1-11(2-4-12)10-21(13-5-6-13)15(22)14-9-20-7-8-23-14/h1-4,13-14,20H,5-10H2. The Balaban J connectivity index is 1.68. The number of carbonyl (C=O) groups is 1. The summed E-state index contributed by atoms with van der Waals surface area (Å²) in [6.07, 6.45) is -2.97. The molecule has 2 fully saturated rings. The molecular weight excluding hydrogens is 309 g/mol. The summed E-state index contributed by atoms with van der Waals surface area (Å²) in [7, 11) is 0. The van der Waals surface area contributed by atoms with E-state index in [1.807, 2.05) is 0 Å². The lowest BCUT2D eigenvalue weighted by Gasteiger charge is -2.30. The summed E-state index contributed by atoms with van der Waals surface area (Å²) in [5, 5.41) is 3.12. The van der Waals surface area contributed by atoms with E-state index in [1.54, 1.807) is 4.90 Å². The second kappa shape index (κ2) is 6.49. The predicted molar refractivity (Wildman–Crippen MR) is 77.6 cm³/mol. The molecule has 1 aliphatic heterocycles. The third-order valence-corrected chi connectivity index (χ3v) is 4.11. The molecule has 1 saturated heterocycles. The molecular formula is C16H19F3N2O2. The maximum Gasteiger partial charge on any atom is 0.416 e. The Morgan fingerprint density at radius 2 is 1.96 bits per heavy atom. The smallest absolute Gasteiger partial charge is 0.366 e. The van der Waals surface area contributed by atoms with Gasteiger partial charge in [0.1, 0.15) is 6.10 Å². The van der Waals surface area contributed by atoms with Crippen LogP contribution in [0, 0.1) is 0 Å². The molecule has 1 amide bonds. The molecule has 1 atom stereocenters. The van der Waals surface area contributed by atoms with Crippen LogP contribution in [0.15, 0.2) is 24.3 Å². The van der Waals surface area contributed by atoms with Crippen LogP contribution in [0.5, 0.6) is 0 Å². The van der Waals surface area contributed by atoms with Crippen molar-refractivity contribution in [2.75, 3.05) is 19.7 Å². The molecule has 7 heteroatoms. The Labute approximate surface area is 132 Å². The number of nitrogens with zero attached hydrogens (tertiary/aromatic N) is 1. The molecule has 3 rings (SSSR count). The van der Waals surface area contributed by atoms with Gasteiger partial charge in [0.2, 0.25) is 0 Å². The van der Waals surface area contributed by atoms with Crippen molar-refractivity contribution >= 4 is 5.91 Å². The van der Waals surface area contributed by atoms with Gasteiger partial charge in [0.15, 0.2) is 0 Å². The highest BCUT2D eigenvalue weighted by Gasteiger charge is 2.37. The van der Waals surface area contributed by atoms with Crippen LogP contribution in [0.25, 0.3) is 0 Å². The molecule has 1 aliphatic carbocycles. The van der Waals surface area contributed by atoms with Crippen LogP contribution in [0.4, 0.5) is 13.2 Å². The van der Waals surface area contributed by atoms with Crippen LogP contribution in [-0.4, -0.2) is 42.6 Å². The summed E-state index contributed by atoms with van der Waals surface area (Å²) in [6.45, 7) is 2.03. The van der Waals surface area contributed by atoms with Gasteiger partial charge < -0.3 is 15.0 Å². The predicted octanol–water partition coefficient (Wildman–Crippen LogP) is 2.18. The zero-order valence-electron chi connectivity index (χ0n) is 12.6. The van der Waals surface area contributed by atoms with E-state index >= 15 is 0 Å². The highest BCUT2D eigenvalue weighted by molar-refractivity contribution is 5.82. The van der Waals surface area contributed by atoms with Gasteiger partial charge in [-0.05, 0) is 30.5 Å². The van der Waals surface area contributed by atoms with E-state index in [-0.39, 0.29) is 11.9 Å². The number of morpholine rings is 1. The summed E-state index contributed by atoms with van der Waals surface area (Å²) >= 11 is 0. The first-order valence-corrected chi connectivity index (χ1v) is 7.74. The molecule has 1 aromatic carbocycles. The fourth-order valence-corrected chi connectivity index (χ4v) is 2.68. The molecule has 126 valence electrons. The van der Waals surface area contributed by atoms with E-state index in [4.69, 9.17) is 4.74 Å². The lowest BCUT2D eigenvalue weighted by atomic mass is 10.1. The largest absolute Gasteiger partial charge is 0.416 e. The summed E-state index contributed by atoms with van der Waals surface area (Å²) < 4.78 is 43.3. The van der Waals surface area contributed by atoms with Gasteiger partial charge in [-0.2, -0.15) is 13.2 Å². The number of amides is 1. The number of hydrogen-bond acceptors (Lipinski definition) is 3. The number of nitrogens with one attached hydrogen (secondary N) is 1. The highest BCUT2D eigenvalue weighted by atomic mass is 19.4. The molecule has 0 radical (unpaired) electrons. The minimum atomic E-state index is -4.34. The average Bonchev–Trinajstić information content (AvgIpc) is 3.37. The van der Waals surface area contributed by atoms with E-state index < -0.39 is 17.8 Å². The Morgan fingerprint density at radius 1 is 1.26 bits per heavy atom. The quantitative estimate of drug-likeness (QED) is 0.921. The van der Waals surface area contributed by atoms with Crippen LogP contribution >= 0.6 is 0 Å². The van der Waals surface area contributed by atoms with Crippen LogP contribution in [0.3, 0.4) is 0 Å². The van der Waals surface area contributed by atoms with E-state index in [2.05, 4.69) is 5.32 Å². The number of benzene rings is 1. The average molecular weight is 328 g/mol. The molecule has 1 unspecified atom stereocenters. The Bertz CT molecular complexity index is 549. The van der Waals surface area contributed by atoms with Gasteiger partial charge in [-0.15, -0.1) is 0 Å². The Morgan fingerprint density at radius 3 is 2.48 bits per heavy atom. The van der Waals surface area contributed by atoms with Gasteiger partial charge in [0, 0.05) is 25.7 Å². The van der Waals surface area contributed by atoms with Crippen LogP contribution < -0.4 is 5.32 Å².